The Kier molecular flexibility index (Phi) is 10.1. The summed E-state index contributed by atoms with van der Waals surface area (Å²) in [6, 6.07) is 0. The van der Waals surface area contributed by atoms with Crippen LogP contribution in [0.5, 0.6) is 0 Å². The van der Waals surface area contributed by atoms with Gasteiger partial charge in [0.1, 0.15) is 11.6 Å². The maximum absolute atomic E-state index is 11.2. The number of carbonyl (C=O) groups excluding carboxylic acids is 4. The first-order chi connectivity index (χ1) is 9.41. The minimum absolute atomic E-state index is 0.0369. The second kappa shape index (κ2) is 11.1. The molecule has 0 rings (SSSR count). The van der Waals surface area contributed by atoms with E-state index in [9.17, 15) is 19.2 Å². The Labute approximate surface area is 118 Å². The van der Waals surface area contributed by atoms with Crippen molar-refractivity contribution < 1.29 is 23.9 Å². The molecule has 0 fully saturated rings. The van der Waals surface area contributed by atoms with Gasteiger partial charge in [0.2, 0.25) is 11.8 Å². The Balaban J connectivity index is 3.39. The molecule has 2 N–H and O–H groups in total. The maximum atomic E-state index is 11.2. The van der Waals surface area contributed by atoms with E-state index >= 15 is 0 Å². The quantitative estimate of drug-likeness (QED) is 0.502. The van der Waals surface area contributed by atoms with Crippen LogP contribution in [0.25, 0.3) is 0 Å². The second-order valence-electron chi connectivity index (χ2n) is 4.42. The zero-order chi connectivity index (χ0) is 15.4. The molecule has 114 valence electrons. The molecule has 0 spiro atoms. The molecule has 0 aliphatic rings. The Morgan fingerprint density at radius 3 is 1.80 bits per heavy atom. The summed E-state index contributed by atoms with van der Waals surface area (Å²) in [4.78, 5) is 43.7. The van der Waals surface area contributed by atoms with Gasteiger partial charge in [-0.2, -0.15) is 0 Å². The van der Waals surface area contributed by atoms with Crippen LogP contribution in [-0.4, -0.2) is 49.7 Å². The van der Waals surface area contributed by atoms with Crippen molar-refractivity contribution >= 4 is 23.4 Å². The SMILES string of the molecule is CC(=O)CNC(=O)CCCOCCC(=O)NCC(C)=O. The molecule has 0 aromatic carbocycles. The highest BCUT2D eigenvalue weighted by molar-refractivity contribution is 5.84. The normalized spacial score (nSPS) is 9.90. The number of hydrogen-bond donors (Lipinski definition) is 2. The highest BCUT2D eigenvalue weighted by atomic mass is 16.5. The summed E-state index contributed by atoms with van der Waals surface area (Å²) in [6.07, 6.45) is 0.992. The zero-order valence-electron chi connectivity index (χ0n) is 12.0. The molecular formula is C13H22N2O5. The topological polar surface area (TPSA) is 102 Å². The Morgan fingerprint density at radius 1 is 0.800 bits per heavy atom. The van der Waals surface area contributed by atoms with Crippen LogP contribution in [0.4, 0.5) is 0 Å². The summed E-state index contributed by atoms with van der Waals surface area (Å²) in [7, 11) is 0. The number of hydrogen-bond acceptors (Lipinski definition) is 5. The third-order valence-electron chi connectivity index (χ3n) is 2.23. The fraction of sp³-hybridized carbons (Fsp3) is 0.692. The predicted molar refractivity (Wildman–Crippen MR) is 72.1 cm³/mol. The molecule has 0 radical (unpaired) electrons. The average molecular weight is 286 g/mol. The lowest BCUT2D eigenvalue weighted by atomic mass is 10.3. The first kappa shape index (κ1) is 18.2. The van der Waals surface area contributed by atoms with E-state index in [-0.39, 0.29) is 55.9 Å². The van der Waals surface area contributed by atoms with Crippen LogP contribution in [0.1, 0.15) is 33.1 Å². The minimum atomic E-state index is -0.237. The van der Waals surface area contributed by atoms with E-state index in [4.69, 9.17) is 4.74 Å². The summed E-state index contributed by atoms with van der Waals surface area (Å²) in [5.74, 6) is -0.621. The van der Waals surface area contributed by atoms with Crippen LogP contribution in [0.15, 0.2) is 0 Å². The molecule has 2 amide bonds. The highest BCUT2D eigenvalue weighted by Crippen LogP contribution is 1.92. The molecule has 7 heteroatoms. The highest BCUT2D eigenvalue weighted by Gasteiger charge is 2.04. The third-order valence-corrected chi connectivity index (χ3v) is 2.23. The van der Waals surface area contributed by atoms with Crippen LogP contribution < -0.4 is 10.6 Å². The molecule has 0 aliphatic heterocycles. The van der Waals surface area contributed by atoms with Crippen molar-refractivity contribution in [3.8, 4) is 0 Å². The largest absolute Gasteiger partial charge is 0.381 e. The first-order valence-corrected chi connectivity index (χ1v) is 6.52. The van der Waals surface area contributed by atoms with Crippen LogP contribution in [-0.2, 0) is 23.9 Å². The minimum Gasteiger partial charge on any atom is -0.381 e. The van der Waals surface area contributed by atoms with Gasteiger partial charge >= 0.3 is 0 Å². The van der Waals surface area contributed by atoms with E-state index in [1.54, 1.807) is 0 Å². The number of ketones is 2. The zero-order valence-corrected chi connectivity index (χ0v) is 12.0. The number of ether oxygens (including phenoxy) is 1. The van der Waals surface area contributed by atoms with E-state index in [1.165, 1.54) is 13.8 Å². The van der Waals surface area contributed by atoms with Gasteiger partial charge < -0.3 is 15.4 Å². The molecule has 0 aromatic heterocycles. The van der Waals surface area contributed by atoms with Gasteiger partial charge in [-0.1, -0.05) is 0 Å². The molecule has 0 aromatic rings. The fourth-order valence-electron chi connectivity index (χ4n) is 1.22. The maximum Gasteiger partial charge on any atom is 0.222 e. The molecule has 0 saturated carbocycles. The molecule has 20 heavy (non-hydrogen) atoms. The number of amides is 2. The number of carbonyl (C=O) groups is 4. The molecule has 0 unspecified atom stereocenters. The Bertz CT molecular complexity index is 321. The molecule has 0 saturated heterocycles. The van der Waals surface area contributed by atoms with Gasteiger partial charge in [0.05, 0.1) is 19.7 Å². The van der Waals surface area contributed by atoms with Crippen molar-refractivity contribution in [2.45, 2.75) is 33.1 Å². The van der Waals surface area contributed by atoms with Crippen molar-refractivity contribution in [2.75, 3.05) is 26.3 Å². The van der Waals surface area contributed by atoms with E-state index < -0.39 is 0 Å². The molecule has 0 bridgehead atoms. The summed E-state index contributed by atoms with van der Waals surface area (Å²) in [5, 5.41) is 4.93. The monoisotopic (exact) mass is 286 g/mol. The molecule has 7 nitrogen and oxygen atoms in total. The second-order valence-corrected chi connectivity index (χ2v) is 4.42. The first-order valence-electron chi connectivity index (χ1n) is 6.52. The van der Waals surface area contributed by atoms with Gasteiger partial charge in [0.15, 0.2) is 0 Å². The van der Waals surface area contributed by atoms with Gasteiger partial charge in [-0.25, -0.2) is 0 Å². The summed E-state index contributed by atoms with van der Waals surface area (Å²) in [6.45, 7) is 3.51. The summed E-state index contributed by atoms with van der Waals surface area (Å²) >= 11 is 0. The number of nitrogens with one attached hydrogen (secondary N) is 2. The molecule has 0 atom stereocenters. The number of rotatable bonds is 11. The van der Waals surface area contributed by atoms with Gasteiger partial charge in [0, 0.05) is 19.4 Å². The lowest BCUT2D eigenvalue weighted by molar-refractivity contribution is -0.125. The van der Waals surface area contributed by atoms with E-state index in [0.717, 1.165) is 0 Å². The van der Waals surface area contributed by atoms with Crippen LogP contribution in [0, 0.1) is 0 Å². The molecular weight excluding hydrogens is 264 g/mol. The van der Waals surface area contributed by atoms with E-state index in [0.29, 0.717) is 13.0 Å². The number of Topliss-reactive ketones (excluding diaryl/α,β-unsaturated/α-hetero) is 2. The summed E-state index contributed by atoms with van der Waals surface area (Å²) in [5.41, 5.74) is 0. The van der Waals surface area contributed by atoms with Crippen molar-refractivity contribution in [1.29, 1.82) is 0 Å². The Hall–Kier alpha value is -1.76. The standard InChI is InChI=1S/C13H22N2O5/c1-10(16)8-14-12(18)4-3-6-20-7-5-13(19)15-9-11(2)17/h3-9H2,1-2H3,(H,14,18)(H,15,19). The fourth-order valence-corrected chi connectivity index (χ4v) is 1.22. The molecule has 0 aliphatic carbocycles. The molecule has 0 heterocycles. The van der Waals surface area contributed by atoms with Crippen molar-refractivity contribution in [1.82, 2.24) is 10.6 Å². The lowest BCUT2D eigenvalue weighted by Gasteiger charge is -2.05. The van der Waals surface area contributed by atoms with Crippen LogP contribution in [0.2, 0.25) is 0 Å². The van der Waals surface area contributed by atoms with Gasteiger partial charge in [0.25, 0.3) is 0 Å². The van der Waals surface area contributed by atoms with Crippen molar-refractivity contribution in [2.24, 2.45) is 0 Å². The van der Waals surface area contributed by atoms with Crippen LogP contribution >= 0.6 is 0 Å². The summed E-state index contributed by atoms with van der Waals surface area (Å²) < 4.78 is 5.19. The smallest absolute Gasteiger partial charge is 0.222 e. The lowest BCUT2D eigenvalue weighted by Crippen LogP contribution is -2.29. The van der Waals surface area contributed by atoms with Crippen molar-refractivity contribution in [3.63, 3.8) is 0 Å². The van der Waals surface area contributed by atoms with Gasteiger partial charge in [-0.15, -0.1) is 0 Å². The van der Waals surface area contributed by atoms with Gasteiger partial charge in [-0.05, 0) is 20.3 Å². The van der Waals surface area contributed by atoms with Gasteiger partial charge in [-0.3, -0.25) is 19.2 Å². The van der Waals surface area contributed by atoms with E-state index in [1.807, 2.05) is 0 Å². The average Bonchev–Trinajstić information content (AvgIpc) is 2.37. The third kappa shape index (κ3) is 12.7. The Morgan fingerprint density at radius 2 is 1.30 bits per heavy atom. The van der Waals surface area contributed by atoms with E-state index in [2.05, 4.69) is 10.6 Å². The van der Waals surface area contributed by atoms with Crippen molar-refractivity contribution in [3.05, 3.63) is 0 Å². The van der Waals surface area contributed by atoms with Crippen LogP contribution in [0.3, 0.4) is 0 Å². The predicted octanol–water partition coefficient (Wildman–Crippen LogP) is -0.416.